The van der Waals surface area contributed by atoms with E-state index in [0.29, 0.717) is 30.1 Å². The van der Waals surface area contributed by atoms with Crippen molar-refractivity contribution in [3.63, 3.8) is 0 Å². The molecule has 1 fully saturated rings. The van der Waals surface area contributed by atoms with Crippen molar-refractivity contribution in [2.45, 2.75) is 77.8 Å². The van der Waals surface area contributed by atoms with Crippen LogP contribution in [-0.2, 0) is 25.3 Å². The Hall–Kier alpha value is -1.71. The van der Waals surface area contributed by atoms with Crippen LogP contribution in [0.3, 0.4) is 0 Å². The Labute approximate surface area is 211 Å². The summed E-state index contributed by atoms with van der Waals surface area (Å²) < 4.78 is 28.8. The molecule has 0 bridgehead atoms. The van der Waals surface area contributed by atoms with Crippen molar-refractivity contribution in [1.29, 1.82) is 0 Å². The lowest BCUT2D eigenvalue weighted by Crippen LogP contribution is -2.41. The summed E-state index contributed by atoms with van der Waals surface area (Å²) >= 11 is 0. The maximum absolute atomic E-state index is 13.6. The molecule has 0 heterocycles. The Morgan fingerprint density at radius 1 is 1.11 bits per heavy atom. The minimum Gasteiger partial charge on any atom is -0.467 e. The molecule has 35 heavy (non-hydrogen) atoms. The van der Waals surface area contributed by atoms with Crippen LogP contribution in [-0.4, -0.2) is 53.1 Å². The van der Waals surface area contributed by atoms with Crippen LogP contribution in [0.2, 0.25) is 18.1 Å². The Balaban J connectivity index is 2.63. The van der Waals surface area contributed by atoms with E-state index >= 15 is 0 Å². The van der Waals surface area contributed by atoms with E-state index in [0.717, 1.165) is 11.1 Å². The van der Waals surface area contributed by atoms with Crippen LogP contribution < -0.4 is 9.47 Å². The van der Waals surface area contributed by atoms with Gasteiger partial charge >= 0.3 is 0 Å². The predicted molar refractivity (Wildman–Crippen MR) is 139 cm³/mol. The van der Waals surface area contributed by atoms with Gasteiger partial charge in [-0.15, -0.1) is 0 Å². The van der Waals surface area contributed by atoms with Gasteiger partial charge in [-0.05, 0) is 55.1 Å². The van der Waals surface area contributed by atoms with Crippen molar-refractivity contribution < 1.29 is 33.3 Å². The molecule has 1 aromatic carbocycles. The molecule has 198 valence electrons. The van der Waals surface area contributed by atoms with Crippen LogP contribution >= 0.6 is 0 Å². The van der Waals surface area contributed by atoms with Crippen LogP contribution in [0.4, 0.5) is 0 Å². The number of allylic oxidation sites excluding steroid dienone is 1. The van der Waals surface area contributed by atoms with Crippen LogP contribution in [0.15, 0.2) is 24.3 Å². The first-order valence-electron chi connectivity index (χ1n) is 12.2. The minimum absolute atomic E-state index is 0.0140. The van der Waals surface area contributed by atoms with Crippen LogP contribution in [0, 0.1) is 11.8 Å². The third kappa shape index (κ3) is 6.95. The number of aliphatic hydroxyl groups is 1. The second kappa shape index (κ2) is 12.0. The molecule has 8 heteroatoms. The first kappa shape index (κ1) is 29.5. The molecule has 4 atom stereocenters. The summed E-state index contributed by atoms with van der Waals surface area (Å²) in [5.41, 5.74) is 2.33. The molecule has 1 N–H and O–H groups in total. The molecule has 1 saturated carbocycles. The van der Waals surface area contributed by atoms with E-state index in [-0.39, 0.29) is 30.3 Å². The Bertz CT molecular complexity index is 861. The smallest absolute Gasteiger partial charge is 0.192 e. The van der Waals surface area contributed by atoms with E-state index in [2.05, 4.69) is 40.4 Å². The fourth-order valence-corrected chi connectivity index (χ4v) is 5.07. The SMILES string of the molecule is C=C(C)[C@H]1C[C@@H](O)[C@H](C)C(=O)[C@@H]1c1c(OCOC)cc(CO[Si](C)(C)C(C)(C)C)cc1OCOC. The largest absolute Gasteiger partial charge is 0.467 e. The lowest BCUT2D eigenvalue weighted by Gasteiger charge is -2.39. The van der Waals surface area contributed by atoms with E-state index in [1.165, 1.54) is 0 Å². The molecule has 1 aliphatic carbocycles. The highest BCUT2D eigenvalue weighted by Crippen LogP contribution is 2.48. The highest BCUT2D eigenvalue weighted by molar-refractivity contribution is 6.74. The van der Waals surface area contributed by atoms with Gasteiger partial charge in [0.05, 0.1) is 18.6 Å². The van der Waals surface area contributed by atoms with Crippen LogP contribution in [0.1, 0.15) is 58.1 Å². The monoisotopic (exact) mass is 508 g/mol. The van der Waals surface area contributed by atoms with Gasteiger partial charge < -0.3 is 28.5 Å². The topological polar surface area (TPSA) is 83.5 Å². The standard InChI is InChI=1S/C27H44O7Si/c1-17(2)20-13-21(28)18(3)26(29)24(20)25-22(32-15-30-7)11-19(12-23(25)33-16-31-8)14-34-35(9,10)27(4,5)6/h11-12,18,20-21,24,28H,1,13-16H2,2-10H3/t18-,20+,21+,24-/m0/s1. The van der Waals surface area contributed by atoms with Gasteiger partial charge in [-0.25, -0.2) is 0 Å². The van der Waals surface area contributed by atoms with Gasteiger partial charge in [0, 0.05) is 25.7 Å². The van der Waals surface area contributed by atoms with Crippen molar-refractivity contribution in [3.8, 4) is 11.5 Å². The summed E-state index contributed by atoms with van der Waals surface area (Å²) in [4.78, 5) is 13.6. The molecule has 0 unspecified atom stereocenters. The summed E-state index contributed by atoms with van der Waals surface area (Å²) in [5, 5.41) is 10.6. The zero-order valence-corrected chi connectivity index (χ0v) is 23.9. The van der Waals surface area contributed by atoms with Gasteiger partial charge in [-0.2, -0.15) is 0 Å². The zero-order valence-electron chi connectivity index (χ0n) is 22.9. The molecule has 1 aliphatic rings. The summed E-state index contributed by atoms with van der Waals surface area (Å²) in [5.74, 6) is -0.392. The third-order valence-electron chi connectivity index (χ3n) is 7.41. The Morgan fingerprint density at radius 3 is 2.06 bits per heavy atom. The number of rotatable bonds is 11. The number of benzene rings is 1. The number of methoxy groups -OCH3 is 2. The molecule has 1 aromatic rings. The Kier molecular flexibility index (Phi) is 10.1. The van der Waals surface area contributed by atoms with Gasteiger partial charge in [0.2, 0.25) is 0 Å². The molecule has 0 amide bonds. The zero-order chi connectivity index (χ0) is 26.6. The highest BCUT2D eigenvalue weighted by atomic mass is 28.4. The van der Waals surface area contributed by atoms with E-state index in [9.17, 15) is 9.90 Å². The molecule has 7 nitrogen and oxygen atoms in total. The number of hydrogen-bond acceptors (Lipinski definition) is 7. The third-order valence-corrected chi connectivity index (χ3v) is 11.9. The number of Topliss-reactive ketones (excluding diaryl/α,β-unsaturated/α-hetero) is 1. The first-order valence-corrected chi connectivity index (χ1v) is 15.1. The fraction of sp³-hybridized carbons (Fsp3) is 0.667. The molecular formula is C27H44O7Si. The molecule has 0 saturated heterocycles. The van der Waals surface area contributed by atoms with Gasteiger partial charge in [-0.3, -0.25) is 4.79 Å². The average Bonchev–Trinajstić information content (AvgIpc) is 2.77. The summed E-state index contributed by atoms with van der Waals surface area (Å²) in [6.45, 7) is 19.2. The molecule has 0 radical (unpaired) electrons. The minimum atomic E-state index is -2.00. The van der Waals surface area contributed by atoms with Crippen molar-refractivity contribution in [2.75, 3.05) is 27.8 Å². The lowest BCUT2D eigenvalue weighted by molar-refractivity contribution is -0.132. The molecule has 0 aromatic heterocycles. The quantitative estimate of drug-likeness (QED) is 0.243. The van der Waals surface area contributed by atoms with Crippen molar-refractivity contribution in [2.24, 2.45) is 11.8 Å². The van der Waals surface area contributed by atoms with Crippen molar-refractivity contribution in [3.05, 3.63) is 35.4 Å². The van der Waals surface area contributed by atoms with Gasteiger partial charge in [0.25, 0.3) is 0 Å². The van der Waals surface area contributed by atoms with E-state index < -0.39 is 26.3 Å². The average molecular weight is 509 g/mol. The second-order valence-electron chi connectivity index (χ2n) is 11.1. The maximum Gasteiger partial charge on any atom is 0.192 e. The number of carbonyl (C=O) groups excluding carboxylic acids is 1. The van der Waals surface area contributed by atoms with Gasteiger partial charge in [0.1, 0.15) is 17.3 Å². The number of carbonyl (C=O) groups is 1. The van der Waals surface area contributed by atoms with E-state index in [1.807, 2.05) is 19.1 Å². The summed E-state index contributed by atoms with van der Waals surface area (Å²) in [7, 11) is 1.10. The van der Waals surface area contributed by atoms with E-state index in [4.69, 9.17) is 23.4 Å². The Morgan fingerprint density at radius 2 is 1.63 bits per heavy atom. The number of hydrogen-bond donors (Lipinski definition) is 1. The van der Waals surface area contributed by atoms with Crippen molar-refractivity contribution >= 4 is 14.1 Å². The lowest BCUT2D eigenvalue weighted by atomic mass is 9.67. The highest BCUT2D eigenvalue weighted by Gasteiger charge is 2.45. The normalized spacial score (nSPS) is 23.3. The number of ketones is 1. The number of aliphatic hydroxyl groups excluding tert-OH is 1. The predicted octanol–water partition coefficient (Wildman–Crippen LogP) is 5.42. The summed E-state index contributed by atoms with van der Waals surface area (Å²) in [6.07, 6.45) is -0.277. The van der Waals surface area contributed by atoms with Gasteiger partial charge in [0.15, 0.2) is 21.9 Å². The first-order chi connectivity index (χ1) is 16.2. The van der Waals surface area contributed by atoms with E-state index in [1.54, 1.807) is 21.1 Å². The molecule has 0 aliphatic heterocycles. The summed E-state index contributed by atoms with van der Waals surface area (Å²) in [6, 6.07) is 3.80. The number of ether oxygens (including phenoxy) is 4. The van der Waals surface area contributed by atoms with Crippen LogP contribution in [0.25, 0.3) is 0 Å². The van der Waals surface area contributed by atoms with Crippen LogP contribution in [0.5, 0.6) is 11.5 Å². The fourth-order valence-electron chi connectivity index (χ4n) is 4.11. The second-order valence-corrected chi connectivity index (χ2v) is 15.9. The van der Waals surface area contributed by atoms with Gasteiger partial charge in [-0.1, -0.05) is 39.8 Å². The molecule has 0 spiro atoms. The maximum atomic E-state index is 13.6. The molecular weight excluding hydrogens is 464 g/mol. The van der Waals surface area contributed by atoms with Crippen molar-refractivity contribution in [1.82, 2.24) is 0 Å². The molecule has 2 rings (SSSR count).